The molecule has 0 atom stereocenters. The monoisotopic (exact) mass is 579 g/mol. The van der Waals surface area contributed by atoms with E-state index in [1.165, 1.54) is 17.6 Å². The largest absolute Gasteiger partial charge is 0.493 e. The number of hydrogen-bond donors (Lipinski definition) is 1. The van der Waals surface area contributed by atoms with Crippen molar-refractivity contribution in [1.29, 1.82) is 0 Å². The second-order valence-corrected chi connectivity index (χ2v) is 9.74. The van der Waals surface area contributed by atoms with Crippen LogP contribution in [0, 0.1) is 13.8 Å². The van der Waals surface area contributed by atoms with Gasteiger partial charge in [-0.3, -0.25) is 4.79 Å². The fourth-order valence-electron chi connectivity index (χ4n) is 3.87. The van der Waals surface area contributed by atoms with Gasteiger partial charge in [0.05, 0.1) is 19.4 Å². The number of nitrogens with zero attached hydrogens (tertiary/aromatic N) is 2. The highest BCUT2D eigenvalue weighted by Crippen LogP contribution is 2.33. The van der Waals surface area contributed by atoms with E-state index < -0.39 is 5.91 Å². The van der Waals surface area contributed by atoms with Crippen LogP contribution in [0.1, 0.15) is 47.1 Å². The Morgan fingerprint density at radius 3 is 2.42 bits per heavy atom. The molecule has 0 saturated heterocycles. The molecular weight excluding hydrogens is 550 g/mol. The molecule has 0 unspecified atom stereocenters. The lowest BCUT2D eigenvalue weighted by Gasteiger charge is -2.14. The van der Waals surface area contributed by atoms with Crippen molar-refractivity contribution in [3.05, 3.63) is 93.6 Å². The van der Waals surface area contributed by atoms with Crippen LogP contribution in [0.15, 0.2) is 74.7 Å². The number of nitrogens with one attached hydrogen (secondary N) is 1. The topological polar surface area (TPSA) is 87.2 Å². The number of amides is 1. The molecule has 0 saturated carbocycles. The normalized spacial score (nSPS) is 11.2. The first kappa shape index (κ1) is 27.1. The molecule has 9 heteroatoms. The quantitative estimate of drug-likeness (QED) is 0.169. The Kier molecular flexibility index (Phi) is 8.58. The van der Waals surface area contributed by atoms with Crippen LogP contribution in [-0.4, -0.2) is 29.9 Å². The van der Waals surface area contributed by atoms with Crippen LogP contribution >= 0.6 is 15.9 Å². The molecule has 0 aliphatic rings. The van der Waals surface area contributed by atoms with Crippen LogP contribution in [-0.2, 0) is 6.61 Å². The summed E-state index contributed by atoms with van der Waals surface area (Å²) in [6, 6.07) is 18.9. The molecule has 0 aliphatic heterocycles. The number of aryl methyl sites for hydroxylation is 2. The number of halogens is 1. The van der Waals surface area contributed by atoms with Crippen LogP contribution in [0.3, 0.4) is 0 Å². The molecule has 8 nitrogen and oxygen atoms in total. The number of aromatic nitrogens is 1. The van der Waals surface area contributed by atoms with E-state index in [-0.39, 0.29) is 18.5 Å². The number of furan rings is 1. The van der Waals surface area contributed by atoms with Gasteiger partial charge in [-0.1, -0.05) is 0 Å². The highest BCUT2D eigenvalue weighted by atomic mass is 79.9. The molecule has 4 aromatic rings. The van der Waals surface area contributed by atoms with E-state index in [0.29, 0.717) is 28.6 Å². The van der Waals surface area contributed by atoms with Gasteiger partial charge >= 0.3 is 5.91 Å². The predicted molar refractivity (Wildman–Crippen MR) is 150 cm³/mol. The van der Waals surface area contributed by atoms with Gasteiger partial charge in [0.25, 0.3) is 0 Å². The fraction of sp³-hybridized carbons (Fsp3) is 0.241. The smallest absolute Gasteiger partial charge is 0.307 e. The van der Waals surface area contributed by atoms with Crippen molar-refractivity contribution in [2.24, 2.45) is 5.10 Å². The van der Waals surface area contributed by atoms with Gasteiger partial charge in [-0.25, -0.2) is 5.43 Å². The summed E-state index contributed by atoms with van der Waals surface area (Å²) >= 11 is 3.50. The van der Waals surface area contributed by atoms with Gasteiger partial charge in [0, 0.05) is 27.1 Å². The van der Waals surface area contributed by atoms with Gasteiger partial charge in [-0.2, -0.15) is 5.10 Å². The summed E-state index contributed by atoms with van der Waals surface area (Å²) in [5, 5.41) is 4.05. The number of hydrazone groups is 1. The van der Waals surface area contributed by atoms with Crippen LogP contribution in [0.4, 0.5) is 0 Å². The van der Waals surface area contributed by atoms with Gasteiger partial charge in [-0.15, -0.1) is 0 Å². The van der Waals surface area contributed by atoms with Crippen molar-refractivity contribution in [3.8, 4) is 22.9 Å². The molecule has 1 amide bonds. The Bertz CT molecular complexity index is 1420. The van der Waals surface area contributed by atoms with Crippen LogP contribution < -0.4 is 19.6 Å². The summed E-state index contributed by atoms with van der Waals surface area (Å²) in [5.74, 6) is 2.06. The Morgan fingerprint density at radius 1 is 1.05 bits per heavy atom. The van der Waals surface area contributed by atoms with Gasteiger partial charge in [0.1, 0.15) is 18.1 Å². The van der Waals surface area contributed by atoms with E-state index >= 15 is 0 Å². The lowest BCUT2D eigenvalue weighted by molar-refractivity contribution is 0.0923. The molecule has 0 radical (unpaired) electrons. The van der Waals surface area contributed by atoms with Gasteiger partial charge in [0.2, 0.25) is 0 Å². The highest BCUT2D eigenvalue weighted by molar-refractivity contribution is 9.10. The molecule has 2 aromatic carbocycles. The lowest BCUT2D eigenvalue weighted by Crippen LogP contribution is -2.16. The summed E-state index contributed by atoms with van der Waals surface area (Å²) in [6.45, 7) is 8.21. The number of methoxy groups -OCH3 is 1. The number of rotatable bonds is 10. The first-order valence-corrected chi connectivity index (χ1v) is 12.9. The maximum atomic E-state index is 12.5. The summed E-state index contributed by atoms with van der Waals surface area (Å²) in [6.07, 6.45) is 1.51. The molecule has 38 heavy (non-hydrogen) atoms. The zero-order chi connectivity index (χ0) is 27.2. The predicted octanol–water partition coefficient (Wildman–Crippen LogP) is 6.59. The second-order valence-electron chi connectivity index (χ2n) is 8.89. The summed E-state index contributed by atoms with van der Waals surface area (Å²) < 4.78 is 25.6. The minimum absolute atomic E-state index is 0.00231. The average molecular weight is 580 g/mol. The molecule has 4 rings (SSSR count). The van der Waals surface area contributed by atoms with Crippen molar-refractivity contribution < 1.29 is 23.4 Å². The maximum Gasteiger partial charge on any atom is 0.307 e. The third-order valence-electron chi connectivity index (χ3n) is 5.65. The van der Waals surface area contributed by atoms with E-state index in [0.717, 1.165) is 10.2 Å². The Labute approximate surface area is 230 Å². The standard InChI is InChI=1S/C29H30BrN3O5/c1-18(2)37-28-15-25(30)21(14-27(28)35-5)16-31-32-29(34)26-13-12-24(38-26)17-36-23-10-8-22(9-11-23)33-19(3)6-7-20(33)4/h6-16,18H,17H2,1-5H3,(H,32,34)/b31-16+. The minimum Gasteiger partial charge on any atom is -0.493 e. The SMILES string of the molecule is COc1cc(/C=N/NC(=O)c2ccc(COc3ccc(-n4c(C)ccc4C)cc3)o2)c(Br)cc1OC(C)C. The Hall–Kier alpha value is -3.98. The molecular formula is C29H30BrN3O5. The van der Waals surface area contributed by atoms with Crippen molar-refractivity contribution in [3.63, 3.8) is 0 Å². The summed E-state index contributed by atoms with van der Waals surface area (Å²) in [7, 11) is 1.57. The van der Waals surface area contributed by atoms with Crippen LogP contribution in [0.2, 0.25) is 0 Å². The second kappa shape index (κ2) is 12.0. The fourth-order valence-corrected chi connectivity index (χ4v) is 4.29. The molecule has 0 bridgehead atoms. The van der Waals surface area contributed by atoms with E-state index in [4.69, 9.17) is 18.6 Å². The molecule has 0 fully saturated rings. The van der Waals surface area contributed by atoms with E-state index in [9.17, 15) is 4.79 Å². The highest BCUT2D eigenvalue weighted by Gasteiger charge is 2.13. The van der Waals surface area contributed by atoms with Gasteiger partial charge < -0.3 is 23.2 Å². The van der Waals surface area contributed by atoms with Gasteiger partial charge in [-0.05, 0) is 104 Å². The lowest BCUT2D eigenvalue weighted by atomic mass is 10.2. The summed E-state index contributed by atoms with van der Waals surface area (Å²) in [5.41, 5.74) is 6.59. The molecule has 1 N–H and O–H groups in total. The molecule has 198 valence electrons. The van der Waals surface area contributed by atoms with Crippen LogP contribution in [0.5, 0.6) is 17.2 Å². The zero-order valence-electron chi connectivity index (χ0n) is 21.9. The van der Waals surface area contributed by atoms with Crippen molar-refractivity contribution >= 4 is 28.1 Å². The number of hydrogen-bond acceptors (Lipinski definition) is 6. The molecule has 0 aliphatic carbocycles. The van der Waals surface area contributed by atoms with E-state index in [1.54, 1.807) is 31.4 Å². The van der Waals surface area contributed by atoms with Crippen molar-refractivity contribution in [2.75, 3.05) is 7.11 Å². The third-order valence-corrected chi connectivity index (χ3v) is 6.33. The minimum atomic E-state index is -0.475. The number of ether oxygens (including phenoxy) is 3. The van der Waals surface area contributed by atoms with E-state index in [1.807, 2.05) is 38.1 Å². The number of carbonyl (C=O) groups is 1. The Morgan fingerprint density at radius 2 is 1.76 bits per heavy atom. The van der Waals surface area contributed by atoms with Gasteiger partial charge in [0.15, 0.2) is 17.3 Å². The molecule has 0 spiro atoms. The summed E-state index contributed by atoms with van der Waals surface area (Å²) in [4.78, 5) is 12.5. The van der Waals surface area contributed by atoms with Crippen molar-refractivity contribution in [1.82, 2.24) is 9.99 Å². The zero-order valence-corrected chi connectivity index (χ0v) is 23.5. The number of benzene rings is 2. The molecule has 2 heterocycles. The van der Waals surface area contributed by atoms with E-state index in [2.05, 4.69) is 57.0 Å². The van der Waals surface area contributed by atoms with Crippen LogP contribution in [0.25, 0.3) is 5.69 Å². The molecule has 2 aromatic heterocycles. The third kappa shape index (κ3) is 6.47. The van der Waals surface area contributed by atoms with Crippen molar-refractivity contribution in [2.45, 2.75) is 40.4 Å². The number of carbonyl (C=O) groups excluding carboxylic acids is 1. The maximum absolute atomic E-state index is 12.5. The average Bonchev–Trinajstić information content (AvgIpc) is 3.50. The Balaban J connectivity index is 1.33. The first-order valence-electron chi connectivity index (χ1n) is 12.1. The first-order chi connectivity index (χ1) is 18.2.